The largest absolute Gasteiger partial charge is 0.340 e. The number of halogens is 2. The summed E-state index contributed by atoms with van der Waals surface area (Å²) in [6.07, 6.45) is 1.85. The Labute approximate surface area is 174 Å². The molecule has 0 bridgehead atoms. The van der Waals surface area contributed by atoms with Gasteiger partial charge in [0.15, 0.2) is 0 Å². The third kappa shape index (κ3) is 3.81. The molecule has 0 fully saturated rings. The summed E-state index contributed by atoms with van der Waals surface area (Å²) in [4.78, 5) is 0. The summed E-state index contributed by atoms with van der Waals surface area (Å²) >= 11 is 6.02. The molecule has 2 nitrogen and oxygen atoms in total. The number of aromatic nitrogens is 1. The van der Waals surface area contributed by atoms with Gasteiger partial charge in [-0.25, -0.2) is 4.39 Å². The van der Waals surface area contributed by atoms with Crippen LogP contribution in [0.2, 0.25) is 5.02 Å². The van der Waals surface area contributed by atoms with Crippen LogP contribution in [0.15, 0.2) is 72.8 Å². The molecule has 29 heavy (non-hydrogen) atoms. The first-order valence-electron chi connectivity index (χ1n) is 9.27. The average molecular weight is 401 g/mol. The van der Waals surface area contributed by atoms with Crippen molar-refractivity contribution in [2.45, 2.75) is 13.5 Å². The smallest absolute Gasteiger partial charge is 0.123 e. The number of para-hydroxylation sites is 1. The fourth-order valence-electron chi connectivity index (χ4n) is 3.60. The second-order valence-corrected chi connectivity index (χ2v) is 7.35. The SMILES string of the molecule is Cc1c(/C=C(/C#N)c2cccc(F)c2)c2ccccc2n1Cc1ccc(Cl)cc1. The van der Waals surface area contributed by atoms with E-state index in [-0.39, 0.29) is 5.82 Å². The molecule has 0 saturated carbocycles. The first-order valence-corrected chi connectivity index (χ1v) is 9.64. The molecule has 0 atom stereocenters. The molecule has 0 amide bonds. The Bertz CT molecular complexity index is 1260. The van der Waals surface area contributed by atoms with Crippen LogP contribution in [0.4, 0.5) is 4.39 Å². The Morgan fingerprint density at radius 2 is 1.83 bits per heavy atom. The van der Waals surface area contributed by atoms with Crippen molar-refractivity contribution >= 4 is 34.2 Å². The molecule has 0 radical (unpaired) electrons. The van der Waals surface area contributed by atoms with E-state index in [1.807, 2.05) is 55.5 Å². The Kier molecular flexibility index (Phi) is 5.20. The highest BCUT2D eigenvalue weighted by Gasteiger charge is 2.14. The maximum atomic E-state index is 13.7. The van der Waals surface area contributed by atoms with E-state index in [0.29, 0.717) is 22.7 Å². The van der Waals surface area contributed by atoms with E-state index >= 15 is 0 Å². The molecule has 0 saturated heterocycles. The lowest BCUT2D eigenvalue weighted by atomic mass is 10.0. The Hall–Kier alpha value is -3.35. The van der Waals surface area contributed by atoms with Crippen molar-refractivity contribution in [2.24, 2.45) is 0 Å². The van der Waals surface area contributed by atoms with Crippen LogP contribution in [0.5, 0.6) is 0 Å². The molecule has 0 aliphatic heterocycles. The van der Waals surface area contributed by atoms with Crippen LogP contribution in [-0.4, -0.2) is 4.57 Å². The van der Waals surface area contributed by atoms with Gasteiger partial charge in [-0.05, 0) is 54.5 Å². The normalized spacial score (nSPS) is 11.6. The molecule has 1 aromatic heterocycles. The van der Waals surface area contributed by atoms with E-state index in [1.165, 1.54) is 12.1 Å². The molecule has 4 aromatic rings. The van der Waals surface area contributed by atoms with Crippen LogP contribution in [0.25, 0.3) is 22.6 Å². The lowest BCUT2D eigenvalue weighted by molar-refractivity contribution is 0.627. The van der Waals surface area contributed by atoms with Crippen LogP contribution < -0.4 is 0 Å². The number of allylic oxidation sites excluding steroid dienone is 1. The number of hydrogen-bond acceptors (Lipinski definition) is 1. The van der Waals surface area contributed by atoms with E-state index in [2.05, 4.69) is 16.7 Å². The van der Waals surface area contributed by atoms with E-state index in [1.54, 1.807) is 12.1 Å². The van der Waals surface area contributed by atoms with Gasteiger partial charge >= 0.3 is 0 Å². The van der Waals surface area contributed by atoms with Gasteiger partial charge in [0.05, 0.1) is 11.6 Å². The Morgan fingerprint density at radius 3 is 2.55 bits per heavy atom. The zero-order valence-corrected chi connectivity index (χ0v) is 16.6. The van der Waals surface area contributed by atoms with E-state index in [9.17, 15) is 9.65 Å². The van der Waals surface area contributed by atoms with Crippen molar-refractivity contribution in [3.05, 3.63) is 106 Å². The number of fused-ring (bicyclic) bond motifs is 1. The number of rotatable bonds is 4. The van der Waals surface area contributed by atoms with Crippen LogP contribution in [0.1, 0.15) is 22.4 Å². The van der Waals surface area contributed by atoms with Gasteiger partial charge in [0.25, 0.3) is 0 Å². The topological polar surface area (TPSA) is 28.7 Å². The number of nitriles is 1. The first-order chi connectivity index (χ1) is 14.1. The summed E-state index contributed by atoms with van der Waals surface area (Å²) in [7, 11) is 0. The minimum absolute atomic E-state index is 0.356. The van der Waals surface area contributed by atoms with Crippen LogP contribution in [0.3, 0.4) is 0 Å². The van der Waals surface area contributed by atoms with Gasteiger partial charge in [0.1, 0.15) is 5.82 Å². The molecule has 0 aliphatic rings. The van der Waals surface area contributed by atoms with Crippen molar-refractivity contribution in [2.75, 3.05) is 0 Å². The van der Waals surface area contributed by atoms with Gasteiger partial charge in [-0.15, -0.1) is 0 Å². The number of benzene rings is 3. The fourth-order valence-corrected chi connectivity index (χ4v) is 3.72. The zero-order chi connectivity index (χ0) is 20.4. The summed E-state index contributed by atoms with van der Waals surface area (Å²) in [6.45, 7) is 2.74. The first kappa shape index (κ1) is 19.0. The molecule has 0 spiro atoms. The van der Waals surface area contributed by atoms with Crippen molar-refractivity contribution in [3.63, 3.8) is 0 Å². The molecule has 142 valence electrons. The maximum absolute atomic E-state index is 13.7. The van der Waals surface area contributed by atoms with Crippen LogP contribution >= 0.6 is 11.6 Å². The van der Waals surface area contributed by atoms with Crippen molar-refractivity contribution < 1.29 is 4.39 Å². The predicted molar refractivity (Wildman–Crippen MR) is 117 cm³/mol. The Balaban J connectivity index is 1.86. The highest BCUT2D eigenvalue weighted by atomic mass is 35.5. The molecule has 4 heteroatoms. The van der Waals surface area contributed by atoms with Gasteiger partial charge < -0.3 is 4.57 Å². The van der Waals surface area contributed by atoms with Gasteiger partial charge in [-0.3, -0.25) is 0 Å². The van der Waals surface area contributed by atoms with Crippen molar-refractivity contribution in [1.29, 1.82) is 5.26 Å². The van der Waals surface area contributed by atoms with Crippen LogP contribution in [0, 0.1) is 24.1 Å². The fraction of sp³-hybridized carbons (Fsp3) is 0.0800. The molecular formula is C25H18ClFN2. The Morgan fingerprint density at radius 1 is 1.07 bits per heavy atom. The molecular weight excluding hydrogens is 383 g/mol. The molecule has 0 unspecified atom stereocenters. The van der Waals surface area contributed by atoms with Gasteiger partial charge in [-0.2, -0.15) is 5.26 Å². The predicted octanol–water partition coefficient (Wildman–Crippen LogP) is 6.85. The second kappa shape index (κ2) is 7.95. The van der Waals surface area contributed by atoms with Crippen molar-refractivity contribution in [3.8, 4) is 6.07 Å². The van der Waals surface area contributed by atoms with Gasteiger partial charge in [-0.1, -0.05) is 54.1 Å². The molecule has 1 heterocycles. The summed E-state index contributed by atoms with van der Waals surface area (Å²) in [5.41, 5.74) is 5.24. The summed E-state index contributed by atoms with van der Waals surface area (Å²) < 4.78 is 15.9. The lowest BCUT2D eigenvalue weighted by Gasteiger charge is -2.09. The van der Waals surface area contributed by atoms with E-state index < -0.39 is 0 Å². The van der Waals surface area contributed by atoms with E-state index in [4.69, 9.17) is 11.6 Å². The number of hydrogen-bond donors (Lipinski definition) is 0. The second-order valence-electron chi connectivity index (χ2n) is 6.91. The van der Waals surface area contributed by atoms with E-state index in [0.717, 1.165) is 27.7 Å². The number of nitrogens with zero attached hydrogens (tertiary/aromatic N) is 2. The minimum atomic E-state index is -0.356. The summed E-state index contributed by atoms with van der Waals surface area (Å²) in [5, 5.41) is 11.5. The molecule has 0 N–H and O–H groups in total. The summed E-state index contributed by atoms with van der Waals surface area (Å²) in [6, 6.07) is 24.3. The monoisotopic (exact) mass is 400 g/mol. The quantitative estimate of drug-likeness (QED) is 0.344. The van der Waals surface area contributed by atoms with Gasteiger partial charge in [0.2, 0.25) is 0 Å². The maximum Gasteiger partial charge on any atom is 0.123 e. The molecule has 3 aromatic carbocycles. The summed E-state index contributed by atoms with van der Waals surface area (Å²) in [5.74, 6) is -0.356. The highest BCUT2D eigenvalue weighted by Crippen LogP contribution is 2.30. The third-order valence-electron chi connectivity index (χ3n) is 5.08. The van der Waals surface area contributed by atoms with Crippen molar-refractivity contribution in [1.82, 2.24) is 4.57 Å². The minimum Gasteiger partial charge on any atom is -0.340 e. The van der Waals surface area contributed by atoms with Gasteiger partial charge in [0, 0.05) is 33.7 Å². The molecule has 4 rings (SSSR count). The average Bonchev–Trinajstić information content (AvgIpc) is 2.99. The highest BCUT2D eigenvalue weighted by molar-refractivity contribution is 6.30. The lowest BCUT2D eigenvalue weighted by Crippen LogP contribution is -2.01. The van der Waals surface area contributed by atoms with Crippen LogP contribution in [-0.2, 0) is 6.54 Å². The standard InChI is InChI=1S/C25H18ClFN2/c1-17-24(14-20(15-28)19-5-4-6-22(27)13-19)23-7-2-3-8-25(23)29(17)16-18-9-11-21(26)12-10-18/h2-14H,16H2,1H3/b20-14-. The third-order valence-corrected chi connectivity index (χ3v) is 5.33. The zero-order valence-electron chi connectivity index (χ0n) is 15.9. The molecule has 0 aliphatic carbocycles.